The number of sulfonamides is 1. The van der Waals surface area contributed by atoms with E-state index in [1.165, 1.54) is 12.3 Å². The third-order valence-corrected chi connectivity index (χ3v) is 5.54. The molecule has 0 spiro atoms. The van der Waals surface area contributed by atoms with Gasteiger partial charge in [0.15, 0.2) is 0 Å². The molecular weight excluding hydrogens is 392 g/mol. The summed E-state index contributed by atoms with van der Waals surface area (Å²) in [5, 5.41) is 0. The van der Waals surface area contributed by atoms with Crippen molar-refractivity contribution in [3.8, 4) is 11.5 Å². The van der Waals surface area contributed by atoms with E-state index in [1.54, 1.807) is 25.1 Å². The molecule has 0 aliphatic carbocycles. The molecule has 3 aromatic rings. The fraction of sp³-hybridized carbons (Fsp3) is 0.238. The standard InChI is InChI=1S/C21H22N2O5S/c1-3-11-29(25,26)23-18-6-4-5-17(12-18)21(24)28-14-19-13-27-20(22-19)16-9-7-15(2)8-10-16/h4-10,12-13,23H,3,11,14H2,1-2H3. The average molecular weight is 414 g/mol. The average Bonchev–Trinajstić information content (AvgIpc) is 3.15. The summed E-state index contributed by atoms with van der Waals surface area (Å²) in [6.45, 7) is 3.72. The molecule has 152 valence electrons. The number of nitrogens with zero attached hydrogens (tertiary/aromatic N) is 1. The zero-order valence-corrected chi connectivity index (χ0v) is 17.0. The normalized spacial score (nSPS) is 11.2. The number of aromatic nitrogens is 1. The molecule has 0 amide bonds. The molecule has 0 bridgehead atoms. The van der Waals surface area contributed by atoms with Crippen LogP contribution >= 0.6 is 0 Å². The molecule has 0 radical (unpaired) electrons. The number of rotatable bonds is 8. The summed E-state index contributed by atoms with van der Waals surface area (Å²) in [6, 6.07) is 13.9. The maximum Gasteiger partial charge on any atom is 0.338 e. The lowest BCUT2D eigenvalue weighted by molar-refractivity contribution is 0.0468. The lowest BCUT2D eigenvalue weighted by atomic mass is 10.1. The second kappa shape index (κ2) is 8.91. The predicted octanol–water partition coefficient (Wildman–Crippen LogP) is 4.16. The van der Waals surface area contributed by atoms with Gasteiger partial charge in [-0.3, -0.25) is 4.72 Å². The number of hydrogen-bond donors (Lipinski definition) is 1. The molecule has 1 aromatic heterocycles. The number of hydrogen-bond acceptors (Lipinski definition) is 6. The first kappa shape index (κ1) is 20.6. The Morgan fingerprint density at radius 2 is 1.93 bits per heavy atom. The van der Waals surface area contributed by atoms with Gasteiger partial charge in [-0.25, -0.2) is 18.2 Å². The Kier molecular flexibility index (Phi) is 6.33. The fourth-order valence-corrected chi connectivity index (χ4v) is 3.76. The van der Waals surface area contributed by atoms with Crippen molar-refractivity contribution in [3.05, 3.63) is 71.6 Å². The van der Waals surface area contributed by atoms with E-state index in [-0.39, 0.29) is 17.9 Å². The van der Waals surface area contributed by atoms with Crippen LogP contribution in [-0.2, 0) is 21.4 Å². The number of oxazole rings is 1. The van der Waals surface area contributed by atoms with Crippen molar-refractivity contribution in [3.63, 3.8) is 0 Å². The Morgan fingerprint density at radius 3 is 2.66 bits per heavy atom. The lowest BCUT2D eigenvalue weighted by Crippen LogP contribution is -2.16. The minimum Gasteiger partial charge on any atom is -0.455 e. The SMILES string of the molecule is CCCS(=O)(=O)Nc1cccc(C(=O)OCc2coc(-c3ccc(C)cc3)n2)c1. The van der Waals surface area contributed by atoms with Crippen molar-refractivity contribution in [2.45, 2.75) is 26.9 Å². The molecule has 0 saturated carbocycles. The maximum atomic E-state index is 12.3. The highest BCUT2D eigenvalue weighted by Gasteiger charge is 2.13. The van der Waals surface area contributed by atoms with Crippen molar-refractivity contribution in [1.29, 1.82) is 0 Å². The molecule has 0 fully saturated rings. The summed E-state index contributed by atoms with van der Waals surface area (Å²) in [5.41, 5.74) is 3.00. The topological polar surface area (TPSA) is 98.5 Å². The van der Waals surface area contributed by atoms with Crippen LogP contribution in [0.5, 0.6) is 0 Å². The Bertz CT molecular complexity index is 1090. The van der Waals surface area contributed by atoms with E-state index in [2.05, 4.69) is 9.71 Å². The molecule has 3 rings (SSSR count). The van der Waals surface area contributed by atoms with Gasteiger partial charge in [-0.05, 0) is 43.7 Å². The van der Waals surface area contributed by atoms with E-state index in [0.29, 0.717) is 23.7 Å². The van der Waals surface area contributed by atoms with Crippen LogP contribution in [0.4, 0.5) is 5.69 Å². The van der Waals surface area contributed by atoms with Gasteiger partial charge in [0.2, 0.25) is 15.9 Å². The molecule has 0 atom stereocenters. The van der Waals surface area contributed by atoms with Gasteiger partial charge >= 0.3 is 5.97 Å². The highest BCUT2D eigenvalue weighted by Crippen LogP contribution is 2.20. The molecule has 7 nitrogen and oxygen atoms in total. The molecule has 8 heteroatoms. The second-order valence-corrected chi connectivity index (χ2v) is 8.43. The van der Waals surface area contributed by atoms with Gasteiger partial charge in [0.05, 0.1) is 11.3 Å². The zero-order chi connectivity index (χ0) is 20.9. The first-order valence-electron chi connectivity index (χ1n) is 9.15. The van der Waals surface area contributed by atoms with Gasteiger partial charge in [-0.15, -0.1) is 0 Å². The van der Waals surface area contributed by atoms with Crippen LogP contribution in [0.3, 0.4) is 0 Å². The summed E-state index contributed by atoms with van der Waals surface area (Å²) < 4.78 is 36.9. The molecule has 0 saturated heterocycles. The summed E-state index contributed by atoms with van der Waals surface area (Å²) in [4.78, 5) is 16.6. The Hall–Kier alpha value is -3.13. The van der Waals surface area contributed by atoms with Crippen molar-refractivity contribution in [1.82, 2.24) is 4.98 Å². The third kappa shape index (κ3) is 5.68. The lowest BCUT2D eigenvalue weighted by Gasteiger charge is -2.08. The Labute approximate surface area is 169 Å². The molecule has 0 unspecified atom stereocenters. The minimum atomic E-state index is -3.43. The third-order valence-electron chi connectivity index (χ3n) is 4.05. The predicted molar refractivity (Wildman–Crippen MR) is 110 cm³/mol. The van der Waals surface area contributed by atoms with Crippen LogP contribution < -0.4 is 4.72 Å². The summed E-state index contributed by atoms with van der Waals surface area (Å²) in [7, 11) is -3.43. The zero-order valence-electron chi connectivity index (χ0n) is 16.2. The van der Waals surface area contributed by atoms with Crippen LogP contribution in [0, 0.1) is 6.92 Å². The monoisotopic (exact) mass is 414 g/mol. The van der Waals surface area contributed by atoms with Gasteiger partial charge in [0.1, 0.15) is 18.6 Å². The number of benzene rings is 2. The van der Waals surface area contributed by atoms with Crippen LogP contribution in [0.25, 0.3) is 11.5 Å². The van der Waals surface area contributed by atoms with Crippen LogP contribution in [0.2, 0.25) is 0 Å². The van der Waals surface area contributed by atoms with Gasteiger partial charge in [0, 0.05) is 11.3 Å². The van der Waals surface area contributed by atoms with Crippen molar-refractivity contribution >= 4 is 21.7 Å². The number of anilines is 1. The first-order valence-corrected chi connectivity index (χ1v) is 10.8. The molecule has 1 N–H and O–H groups in total. The molecule has 1 heterocycles. The number of carbonyl (C=O) groups excluding carboxylic acids is 1. The Morgan fingerprint density at radius 1 is 1.17 bits per heavy atom. The largest absolute Gasteiger partial charge is 0.455 e. The number of esters is 1. The molecule has 0 aliphatic rings. The van der Waals surface area contributed by atoms with Crippen LogP contribution in [-0.4, -0.2) is 25.1 Å². The van der Waals surface area contributed by atoms with E-state index in [9.17, 15) is 13.2 Å². The second-order valence-electron chi connectivity index (χ2n) is 6.59. The quantitative estimate of drug-likeness (QED) is 0.556. The van der Waals surface area contributed by atoms with Crippen molar-refractivity contribution < 1.29 is 22.4 Å². The minimum absolute atomic E-state index is 0.0111. The number of aryl methyl sites for hydroxylation is 1. The van der Waals surface area contributed by atoms with E-state index < -0.39 is 16.0 Å². The van der Waals surface area contributed by atoms with E-state index in [1.807, 2.05) is 31.2 Å². The first-order chi connectivity index (χ1) is 13.9. The number of nitrogens with one attached hydrogen (secondary N) is 1. The van der Waals surface area contributed by atoms with E-state index in [4.69, 9.17) is 9.15 Å². The van der Waals surface area contributed by atoms with Crippen LogP contribution in [0.1, 0.15) is 35.0 Å². The van der Waals surface area contributed by atoms with Crippen molar-refractivity contribution in [2.75, 3.05) is 10.5 Å². The van der Waals surface area contributed by atoms with Gasteiger partial charge in [-0.1, -0.05) is 30.7 Å². The van der Waals surface area contributed by atoms with Gasteiger partial charge < -0.3 is 9.15 Å². The van der Waals surface area contributed by atoms with Crippen LogP contribution in [0.15, 0.2) is 59.2 Å². The number of ether oxygens (including phenoxy) is 1. The van der Waals surface area contributed by atoms with E-state index in [0.717, 1.165) is 11.1 Å². The Balaban J connectivity index is 1.63. The smallest absolute Gasteiger partial charge is 0.338 e. The summed E-state index contributed by atoms with van der Waals surface area (Å²) >= 11 is 0. The molecule has 2 aromatic carbocycles. The summed E-state index contributed by atoms with van der Waals surface area (Å²) in [5.74, 6) is -0.123. The highest BCUT2D eigenvalue weighted by molar-refractivity contribution is 7.92. The maximum absolute atomic E-state index is 12.3. The van der Waals surface area contributed by atoms with Gasteiger partial charge in [-0.2, -0.15) is 0 Å². The van der Waals surface area contributed by atoms with Gasteiger partial charge in [0.25, 0.3) is 0 Å². The van der Waals surface area contributed by atoms with E-state index >= 15 is 0 Å². The number of carbonyl (C=O) groups is 1. The van der Waals surface area contributed by atoms with Crippen molar-refractivity contribution in [2.24, 2.45) is 0 Å². The summed E-state index contributed by atoms with van der Waals surface area (Å²) in [6.07, 6.45) is 1.94. The molecular formula is C21H22N2O5S. The fourth-order valence-electron chi connectivity index (χ4n) is 2.63. The molecule has 29 heavy (non-hydrogen) atoms. The molecule has 0 aliphatic heterocycles. The highest BCUT2D eigenvalue weighted by atomic mass is 32.2.